The van der Waals surface area contributed by atoms with Gasteiger partial charge in [-0.05, 0) is 24.1 Å². The Labute approximate surface area is 146 Å². The van der Waals surface area contributed by atoms with Crippen LogP contribution in [0.5, 0.6) is 0 Å². The molecule has 1 heterocycles. The molecule has 0 aliphatic carbocycles. The SMILES string of the molecule is CCC[C@@H](c1ccccc1)[C@H](CO)NS(=O)(=O)c1ccc(Cl)s1. The molecule has 0 unspecified atom stereocenters. The van der Waals surface area contributed by atoms with E-state index >= 15 is 0 Å². The second kappa shape index (κ2) is 8.26. The zero-order valence-corrected chi connectivity index (χ0v) is 15.2. The molecule has 0 bridgehead atoms. The first-order valence-corrected chi connectivity index (χ1v) is 10.1. The van der Waals surface area contributed by atoms with Crippen molar-refractivity contribution in [3.63, 3.8) is 0 Å². The first kappa shape index (κ1) is 18.4. The summed E-state index contributed by atoms with van der Waals surface area (Å²) in [6.07, 6.45) is 1.67. The van der Waals surface area contributed by atoms with Crippen molar-refractivity contribution in [1.29, 1.82) is 0 Å². The average molecular weight is 374 g/mol. The zero-order valence-electron chi connectivity index (χ0n) is 12.8. The van der Waals surface area contributed by atoms with Gasteiger partial charge in [0.2, 0.25) is 10.0 Å². The number of hydrogen-bond acceptors (Lipinski definition) is 4. The molecule has 2 N–H and O–H groups in total. The van der Waals surface area contributed by atoms with Crippen molar-refractivity contribution in [2.45, 2.75) is 35.9 Å². The number of aliphatic hydroxyl groups is 1. The third-order valence-electron chi connectivity index (χ3n) is 3.63. The number of aliphatic hydroxyl groups excluding tert-OH is 1. The molecule has 0 spiro atoms. The number of halogens is 1. The molecule has 2 rings (SSSR count). The molecular weight excluding hydrogens is 354 g/mol. The van der Waals surface area contributed by atoms with E-state index in [-0.39, 0.29) is 16.7 Å². The molecule has 1 aromatic heterocycles. The van der Waals surface area contributed by atoms with E-state index in [0.717, 1.165) is 29.7 Å². The summed E-state index contributed by atoms with van der Waals surface area (Å²) in [5.74, 6) is -0.0867. The van der Waals surface area contributed by atoms with E-state index < -0.39 is 16.1 Å². The Kier molecular flexibility index (Phi) is 6.61. The van der Waals surface area contributed by atoms with Crippen molar-refractivity contribution < 1.29 is 13.5 Å². The van der Waals surface area contributed by atoms with Crippen molar-refractivity contribution in [3.8, 4) is 0 Å². The number of rotatable bonds is 8. The van der Waals surface area contributed by atoms with Crippen LogP contribution in [0.2, 0.25) is 4.34 Å². The quantitative estimate of drug-likeness (QED) is 0.742. The van der Waals surface area contributed by atoms with Crippen LogP contribution >= 0.6 is 22.9 Å². The van der Waals surface area contributed by atoms with Crippen LogP contribution in [0.15, 0.2) is 46.7 Å². The number of nitrogens with one attached hydrogen (secondary N) is 1. The molecule has 1 aromatic carbocycles. The number of hydrogen-bond donors (Lipinski definition) is 2. The predicted octanol–water partition coefficient (Wildman–Crippen LogP) is 3.62. The van der Waals surface area contributed by atoms with Crippen molar-refractivity contribution in [2.24, 2.45) is 0 Å². The highest BCUT2D eigenvalue weighted by atomic mass is 35.5. The fourth-order valence-electron chi connectivity index (χ4n) is 2.56. The van der Waals surface area contributed by atoms with Crippen LogP contribution in [0, 0.1) is 0 Å². The highest BCUT2D eigenvalue weighted by molar-refractivity contribution is 7.91. The van der Waals surface area contributed by atoms with Gasteiger partial charge in [0.05, 0.1) is 17.0 Å². The fraction of sp³-hybridized carbons (Fsp3) is 0.375. The second-order valence-corrected chi connectivity index (χ2v) is 8.93. The zero-order chi connectivity index (χ0) is 16.9. The molecule has 23 heavy (non-hydrogen) atoms. The summed E-state index contributed by atoms with van der Waals surface area (Å²) >= 11 is 6.82. The molecule has 0 saturated carbocycles. The van der Waals surface area contributed by atoms with E-state index in [4.69, 9.17) is 11.6 Å². The van der Waals surface area contributed by atoms with Gasteiger partial charge in [-0.15, -0.1) is 11.3 Å². The largest absolute Gasteiger partial charge is 0.395 e. The van der Waals surface area contributed by atoms with E-state index in [2.05, 4.69) is 4.72 Å². The van der Waals surface area contributed by atoms with Crippen LogP contribution in [0.1, 0.15) is 31.2 Å². The Balaban J connectivity index is 2.26. The summed E-state index contributed by atoms with van der Waals surface area (Å²) in [6.45, 7) is 1.77. The minimum absolute atomic E-state index is 0.0867. The molecule has 0 aliphatic heterocycles. The van der Waals surface area contributed by atoms with Gasteiger partial charge in [0.1, 0.15) is 4.21 Å². The Morgan fingerprint density at radius 1 is 1.22 bits per heavy atom. The molecule has 0 saturated heterocycles. The molecule has 0 amide bonds. The average Bonchev–Trinajstić information content (AvgIpc) is 2.99. The van der Waals surface area contributed by atoms with Gasteiger partial charge < -0.3 is 5.11 Å². The van der Waals surface area contributed by atoms with Crippen LogP contribution in [-0.2, 0) is 10.0 Å². The van der Waals surface area contributed by atoms with Crippen LogP contribution in [0.3, 0.4) is 0 Å². The van der Waals surface area contributed by atoms with Gasteiger partial charge >= 0.3 is 0 Å². The Morgan fingerprint density at radius 2 is 1.91 bits per heavy atom. The van der Waals surface area contributed by atoms with E-state index in [9.17, 15) is 13.5 Å². The lowest BCUT2D eigenvalue weighted by atomic mass is 9.88. The smallest absolute Gasteiger partial charge is 0.250 e. The van der Waals surface area contributed by atoms with Gasteiger partial charge in [0.15, 0.2) is 0 Å². The summed E-state index contributed by atoms with van der Waals surface area (Å²) in [6, 6.07) is 12.1. The van der Waals surface area contributed by atoms with E-state index in [0.29, 0.717) is 4.34 Å². The first-order valence-electron chi connectivity index (χ1n) is 7.41. The fourth-order valence-corrected chi connectivity index (χ4v) is 5.32. The van der Waals surface area contributed by atoms with Crippen molar-refractivity contribution in [2.75, 3.05) is 6.61 Å². The Bertz CT molecular complexity index is 716. The van der Waals surface area contributed by atoms with Crippen molar-refractivity contribution in [3.05, 3.63) is 52.4 Å². The third kappa shape index (κ3) is 4.78. The summed E-state index contributed by atoms with van der Waals surface area (Å²) in [5, 5.41) is 9.75. The summed E-state index contributed by atoms with van der Waals surface area (Å²) in [4.78, 5) is 0. The van der Waals surface area contributed by atoms with E-state index in [1.807, 2.05) is 37.3 Å². The molecule has 4 nitrogen and oxygen atoms in total. The lowest BCUT2D eigenvalue weighted by Gasteiger charge is -2.26. The lowest BCUT2D eigenvalue weighted by molar-refractivity contribution is 0.234. The van der Waals surface area contributed by atoms with Crippen molar-refractivity contribution >= 4 is 33.0 Å². The molecule has 126 valence electrons. The summed E-state index contributed by atoms with van der Waals surface area (Å²) < 4.78 is 28.2. The normalized spacial score (nSPS) is 14.6. The number of benzene rings is 1. The molecule has 2 atom stereocenters. The van der Waals surface area contributed by atoms with E-state index in [1.165, 1.54) is 6.07 Å². The molecular formula is C16H20ClNO3S2. The third-order valence-corrected chi connectivity index (χ3v) is 6.84. The van der Waals surface area contributed by atoms with Crippen LogP contribution in [-0.4, -0.2) is 26.2 Å². The standard InChI is InChI=1S/C16H20ClNO3S2/c1-2-6-13(12-7-4-3-5-8-12)14(11-19)18-23(20,21)16-10-9-15(17)22-16/h3-5,7-10,13-14,18-19H,2,6,11H2,1H3/t13-,14-/m0/s1. The molecule has 0 radical (unpaired) electrons. The summed E-state index contributed by atoms with van der Waals surface area (Å²) in [7, 11) is -3.70. The van der Waals surface area contributed by atoms with Gasteiger partial charge in [-0.2, -0.15) is 0 Å². The minimum Gasteiger partial charge on any atom is -0.395 e. The van der Waals surface area contributed by atoms with Crippen molar-refractivity contribution in [1.82, 2.24) is 4.72 Å². The molecule has 2 aromatic rings. The Morgan fingerprint density at radius 3 is 2.43 bits per heavy atom. The Hall–Kier alpha value is -0.920. The maximum Gasteiger partial charge on any atom is 0.250 e. The van der Waals surface area contributed by atoms with Gasteiger partial charge in [-0.25, -0.2) is 13.1 Å². The van der Waals surface area contributed by atoms with Crippen LogP contribution < -0.4 is 4.72 Å². The van der Waals surface area contributed by atoms with Gasteiger partial charge in [0, 0.05) is 5.92 Å². The monoisotopic (exact) mass is 373 g/mol. The number of sulfonamides is 1. The lowest BCUT2D eigenvalue weighted by Crippen LogP contribution is -2.41. The van der Waals surface area contributed by atoms with Gasteiger partial charge in [-0.3, -0.25) is 0 Å². The second-order valence-electron chi connectivity index (χ2n) is 5.27. The highest BCUT2D eigenvalue weighted by Gasteiger charge is 2.28. The maximum atomic E-state index is 12.5. The predicted molar refractivity (Wildman–Crippen MR) is 94.6 cm³/mol. The number of thiophene rings is 1. The summed E-state index contributed by atoms with van der Waals surface area (Å²) in [5.41, 5.74) is 1.01. The molecule has 0 aliphatic rings. The molecule has 0 fully saturated rings. The molecule has 7 heteroatoms. The topological polar surface area (TPSA) is 66.4 Å². The maximum absolute atomic E-state index is 12.5. The van der Waals surface area contributed by atoms with Crippen LogP contribution in [0.4, 0.5) is 0 Å². The first-order chi connectivity index (χ1) is 11.0. The van der Waals surface area contributed by atoms with Gasteiger partial charge in [0.25, 0.3) is 0 Å². The highest BCUT2D eigenvalue weighted by Crippen LogP contribution is 2.29. The van der Waals surface area contributed by atoms with Gasteiger partial charge in [-0.1, -0.05) is 55.3 Å². The minimum atomic E-state index is -3.70. The van der Waals surface area contributed by atoms with E-state index in [1.54, 1.807) is 6.07 Å². The van der Waals surface area contributed by atoms with Crippen LogP contribution in [0.25, 0.3) is 0 Å².